The van der Waals surface area contributed by atoms with Crippen LogP contribution in [0.1, 0.15) is 168 Å². The van der Waals surface area contributed by atoms with E-state index in [1.807, 2.05) is 6.08 Å². The molecule has 9 atom stereocenters. The van der Waals surface area contributed by atoms with Crippen LogP contribution in [0.4, 0.5) is 0 Å². The number of amides is 1. The Labute approximate surface area is 321 Å². The minimum atomic E-state index is -1.67. The van der Waals surface area contributed by atoms with E-state index >= 15 is 0 Å². The second-order valence-corrected chi connectivity index (χ2v) is 15.0. The van der Waals surface area contributed by atoms with E-state index in [4.69, 9.17) is 9.47 Å². The number of hydrogen-bond donors (Lipinski definition) is 8. The lowest BCUT2D eigenvalue weighted by Crippen LogP contribution is -2.60. The van der Waals surface area contributed by atoms with Gasteiger partial charge in [0.2, 0.25) is 5.91 Å². The van der Waals surface area contributed by atoms with Gasteiger partial charge in [-0.15, -0.1) is 0 Å². The summed E-state index contributed by atoms with van der Waals surface area (Å²) in [4.78, 5) is 13.0. The Hall–Kier alpha value is -1.41. The van der Waals surface area contributed by atoms with E-state index in [9.17, 15) is 40.5 Å². The first-order valence-corrected chi connectivity index (χ1v) is 21.2. The number of carbonyl (C=O) groups excluding carboxylic acids is 1. The molecule has 1 fully saturated rings. The third kappa shape index (κ3) is 23.3. The maximum Gasteiger partial charge on any atom is 0.249 e. The topological polar surface area (TPSA) is 189 Å². The van der Waals surface area contributed by atoms with Crippen LogP contribution >= 0.6 is 0 Å². The summed E-state index contributed by atoms with van der Waals surface area (Å²) in [5, 5.41) is 75.2. The summed E-state index contributed by atoms with van der Waals surface area (Å²) in [6.07, 6.45) is 22.6. The van der Waals surface area contributed by atoms with E-state index in [2.05, 4.69) is 37.4 Å². The maximum atomic E-state index is 13.0. The van der Waals surface area contributed by atoms with Gasteiger partial charge in [0.15, 0.2) is 6.29 Å². The predicted octanol–water partition coefficient (Wildman–Crippen LogP) is 5.89. The number of allylic oxidation sites excluding steroid dienone is 4. The molecule has 0 aromatic heterocycles. The first kappa shape index (κ1) is 49.6. The molecular formula is C42H79NO10. The molecule has 0 radical (unpaired) electrons. The summed E-state index contributed by atoms with van der Waals surface area (Å²) in [5.41, 5.74) is 0. The SMILES string of the molecule is CC/C=C/CC/C=C/CCCC(O)C(O)C(COC1OC(CO)C(O)C(O)C1O)NC(=O)C(O)CCCCCCCCCCCCCCCCCCC. The Kier molecular flexibility index (Phi) is 30.7. The molecule has 1 saturated heterocycles. The van der Waals surface area contributed by atoms with Crippen molar-refractivity contribution in [2.24, 2.45) is 0 Å². The van der Waals surface area contributed by atoms with Crippen LogP contribution in [0, 0.1) is 0 Å². The van der Waals surface area contributed by atoms with Gasteiger partial charge in [-0.1, -0.05) is 147 Å². The van der Waals surface area contributed by atoms with Crippen molar-refractivity contribution in [3.05, 3.63) is 24.3 Å². The van der Waals surface area contributed by atoms with Gasteiger partial charge in [0.1, 0.15) is 36.6 Å². The maximum absolute atomic E-state index is 13.0. The molecule has 11 nitrogen and oxygen atoms in total. The number of rotatable bonds is 34. The van der Waals surface area contributed by atoms with Crippen LogP contribution in [0.25, 0.3) is 0 Å². The molecule has 0 saturated carbocycles. The molecule has 312 valence electrons. The van der Waals surface area contributed by atoms with Crippen LogP contribution < -0.4 is 5.32 Å². The molecule has 1 aliphatic rings. The minimum absolute atomic E-state index is 0.246. The highest BCUT2D eigenvalue weighted by Crippen LogP contribution is 2.23. The van der Waals surface area contributed by atoms with E-state index < -0.39 is 74.2 Å². The minimum Gasteiger partial charge on any atom is -0.394 e. The highest BCUT2D eigenvalue weighted by molar-refractivity contribution is 5.80. The second-order valence-electron chi connectivity index (χ2n) is 15.0. The average Bonchev–Trinajstić information content (AvgIpc) is 3.16. The van der Waals surface area contributed by atoms with Crippen LogP contribution in [-0.4, -0.2) is 110 Å². The van der Waals surface area contributed by atoms with Crippen molar-refractivity contribution in [2.45, 2.75) is 223 Å². The van der Waals surface area contributed by atoms with Crippen molar-refractivity contribution >= 4 is 5.91 Å². The lowest BCUT2D eigenvalue weighted by molar-refractivity contribution is -0.303. The summed E-state index contributed by atoms with van der Waals surface area (Å²) < 4.78 is 11.0. The molecule has 9 unspecified atom stereocenters. The quantitative estimate of drug-likeness (QED) is 0.0291. The Morgan fingerprint density at radius 3 is 1.70 bits per heavy atom. The molecule has 8 N–H and O–H groups in total. The Morgan fingerprint density at radius 2 is 1.17 bits per heavy atom. The molecule has 0 spiro atoms. The van der Waals surface area contributed by atoms with Gasteiger partial charge in [-0.05, 0) is 44.9 Å². The fraction of sp³-hybridized carbons (Fsp3) is 0.881. The van der Waals surface area contributed by atoms with Gasteiger partial charge in [-0.2, -0.15) is 0 Å². The van der Waals surface area contributed by atoms with Gasteiger partial charge in [0.05, 0.1) is 25.4 Å². The number of carbonyl (C=O) groups is 1. The number of unbranched alkanes of at least 4 members (excludes halogenated alkanes) is 18. The summed E-state index contributed by atoms with van der Waals surface area (Å²) in [6.45, 7) is 3.27. The van der Waals surface area contributed by atoms with Crippen molar-refractivity contribution in [1.82, 2.24) is 5.32 Å². The van der Waals surface area contributed by atoms with Gasteiger partial charge >= 0.3 is 0 Å². The molecule has 1 aliphatic heterocycles. The van der Waals surface area contributed by atoms with Crippen molar-refractivity contribution in [1.29, 1.82) is 0 Å². The van der Waals surface area contributed by atoms with Gasteiger partial charge in [0, 0.05) is 0 Å². The zero-order valence-electron chi connectivity index (χ0n) is 33.2. The van der Waals surface area contributed by atoms with Crippen LogP contribution in [0.5, 0.6) is 0 Å². The fourth-order valence-corrected chi connectivity index (χ4v) is 6.70. The molecule has 0 aliphatic carbocycles. The first-order chi connectivity index (χ1) is 25.7. The first-order valence-electron chi connectivity index (χ1n) is 21.2. The third-order valence-electron chi connectivity index (χ3n) is 10.2. The average molecular weight is 758 g/mol. The summed E-state index contributed by atoms with van der Waals surface area (Å²) in [5.74, 6) is -0.713. The van der Waals surface area contributed by atoms with E-state index in [-0.39, 0.29) is 12.8 Å². The van der Waals surface area contributed by atoms with E-state index in [1.165, 1.54) is 83.5 Å². The van der Waals surface area contributed by atoms with Gasteiger partial charge in [0.25, 0.3) is 0 Å². The van der Waals surface area contributed by atoms with Crippen LogP contribution in [-0.2, 0) is 14.3 Å². The lowest BCUT2D eigenvalue weighted by Gasteiger charge is -2.40. The van der Waals surface area contributed by atoms with Gasteiger partial charge in [-0.3, -0.25) is 4.79 Å². The number of aliphatic hydroxyl groups excluding tert-OH is 7. The molecule has 11 heteroatoms. The Morgan fingerprint density at radius 1 is 0.660 bits per heavy atom. The summed E-state index contributed by atoms with van der Waals surface area (Å²) in [7, 11) is 0. The Bertz CT molecular complexity index is 918. The standard InChI is InChI=1S/C42H79NO10/c1-3-5-7-9-11-13-14-15-16-17-18-19-20-22-24-26-28-30-35(46)41(51)43-33(32-52-42-40(50)39(49)38(48)36(31-44)53-42)37(47)34(45)29-27-25-23-21-12-10-8-6-4-2/h6,8,21,23,33-40,42,44-50H,3-5,7,9-20,22,24-32H2,1-2H3,(H,43,51)/b8-6+,23-21+. The molecule has 0 aromatic carbocycles. The number of aliphatic hydroxyl groups is 7. The van der Waals surface area contributed by atoms with Gasteiger partial charge < -0.3 is 50.5 Å². The van der Waals surface area contributed by atoms with Gasteiger partial charge in [-0.25, -0.2) is 0 Å². The molecule has 0 bridgehead atoms. The number of ether oxygens (including phenoxy) is 2. The zero-order valence-corrected chi connectivity index (χ0v) is 33.2. The summed E-state index contributed by atoms with van der Waals surface area (Å²) in [6, 6.07) is -1.18. The molecule has 1 heterocycles. The van der Waals surface area contributed by atoms with Crippen LogP contribution in [0.15, 0.2) is 24.3 Å². The fourth-order valence-electron chi connectivity index (χ4n) is 6.70. The number of hydrogen-bond acceptors (Lipinski definition) is 10. The highest BCUT2D eigenvalue weighted by atomic mass is 16.7. The van der Waals surface area contributed by atoms with Crippen LogP contribution in [0.2, 0.25) is 0 Å². The Balaban J connectivity index is 2.47. The molecule has 1 amide bonds. The lowest BCUT2D eigenvalue weighted by atomic mass is 9.98. The normalized spacial score (nSPS) is 23.1. The monoisotopic (exact) mass is 758 g/mol. The van der Waals surface area contributed by atoms with Crippen molar-refractivity contribution < 1.29 is 50.0 Å². The molecule has 1 rings (SSSR count). The van der Waals surface area contributed by atoms with E-state index in [0.717, 1.165) is 38.5 Å². The zero-order chi connectivity index (χ0) is 39.1. The summed E-state index contributed by atoms with van der Waals surface area (Å²) >= 11 is 0. The molecular weight excluding hydrogens is 678 g/mol. The third-order valence-corrected chi connectivity index (χ3v) is 10.2. The van der Waals surface area contributed by atoms with E-state index in [0.29, 0.717) is 19.3 Å². The predicted molar refractivity (Wildman–Crippen MR) is 210 cm³/mol. The van der Waals surface area contributed by atoms with Crippen molar-refractivity contribution in [3.8, 4) is 0 Å². The van der Waals surface area contributed by atoms with Crippen LogP contribution in [0.3, 0.4) is 0 Å². The molecule has 53 heavy (non-hydrogen) atoms. The number of nitrogens with one attached hydrogen (secondary N) is 1. The largest absolute Gasteiger partial charge is 0.394 e. The van der Waals surface area contributed by atoms with Crippen molar-refractivity contribution in [2.75, 3.05) is 13.2 Å². The van der Waals surface area contributed by atoms with E-state index in [1.54, 1.807) is 0 Å². The smallest absolute Gasteiger partial charge is 0.249 e. The van der Waals surface area contributed by atoms with Crippen molar-refractivity contribution in [3.63, 3.8) is 0 Å². The highest BCUT2D eigenvalue weighted by Gasteiger charge is 2.44. The second kappa shape index (κ2) is 32.8. The molecule has 0 aromatic rings.